The topological polar surface area (TPSA) is 12.9 Å². The van der Waals surface area contributed by atoms with Crippen LogP contribution in [-0.2, 0) is 0 Å². The molecule has 0 spiro atoms. The average molecular weight is 423 g/mol. The molecule has 0 aliphatic rings. The Kier molecular flexibility index (Phi) is 4.13. The fourth-order valence-corrected chi connectivity index (χ4v) is 23.6. The third-order valence-electron chi connectivity index (χ3n) is 2.37. The molecule has 0 radical (unpaired) electrons. The molecule has 0 aliphatic carbocycles. The molecule has 0 N–H and O–H groups in total. The van der Waals surface area contributed by atoms with Gasteiger partial charge in [0, 0.05) is 0 Å². The Morgan fingerprint density at radius 2 is 1.53 bits per heavy atom. The summed E-state index contributed by atoms with van der Waals surface area (Å²) in [5, 5.41) is 0. The molecule has 1 heterocycles. The molecule has 1 rings (SSSR count). The maximum absolute atomic E-state index is 13.3. The van der Waals surface area contributed by atoms with Crippen LogP contribution in [-0.4, -0.2) is 41.7 Å². The van der Waals surface area contributed by atoms with Crippen LogP contribution in [0.15, 0.2) is 12.3 Å². The first-order valence-corrected chi connectivity index (χ1v) is 25.3. The third kappa shape index (κ3) is 3.58. The van der Waals surface area contributed by atoms with Crippen molar-refractivity contribution in [2.24, 2.45) is 0 Å². The summed E-state index contributed by atoms with van der Waals surface area (Å²) in [6.07, 6.45) is 1.39. The van der Waals surface area contributed by atoms with Gasteiger partial charge in [0.05, 0.1) is 0 Å². The first-order valence-electron chi connectivity index (χ1n) is 5.29. The van der Waals surface area contributed by atoms with Gasteiger partial charge < -0.3 is 0 Å². The molecule has 0 atom stereocenters. The zero-order valence-corrected chi connectivity index (χ0v) is 16.2. The number of nitrogens with zero attached hydrogens (tertiary/aromatic N) is 1. The number of hydrogen-bond donors (Lipinski definition) is 0. The van der Waals surface area contributed by atoms with Crippen LogP contribution in [0.5, 0.6) is 0 Å². The van der Waals surface area contributed by atoms with Gasteiger partial charge >= 0.3 is 101 Å². The summed E-state index contributed by atoms with van der Waals surface area (Å²) in [6, 6.07) is 1.75. The van der Waals surface area contributed by atoms with Crippen LogP contribution in [0.25, 0.3) is 0 Å². The summed E-state index contributed by atoms with van der Waals surface area (Å²) in [5.74, 6) is -0.170. The van der Waals surface area contributed by atoms with E-state index in [4.69, 9.17) is 0 Å². The van der Waals surface area contributed by atoms with Gasteiger partial charge in [-0.3, -0.25) is 0 Å². The summed E-state index contributed by atoms with van der Waals surface area (Å²) in [5.41, 5.74) is 0. The molecule has 0 fully saturated rings. The predicted molar refractivity (Wildman–Crippen MR) is 70.2 cm³/mol. The number of pyridine rings is 1. The van der Waals surface area contributed by atoms with Gasteiger partial charge in [-0.25, -0.2) is 0 Å². The fourth-order valence-electron chi connectivity index (χ4n) is 1.61. The van der Waals surface area contributed by atoms with Crippen LogP contribution in [0.2, 0.25) is 29.6 Å². The molecular weight excluding hydrogens is 403 g/mol. The zero-order valence-electron chi connectivity index (χ0n) is 10.5. The molecule has 0 saturated carbocycles. The third-order valence-corrected chi connectivity index (χ3v) is 15.3. The van der Waals surface area contributed by atoms with Crippen molar-refractivity contribution in [3.8, 4) is 0 Å². The van der Waals surface area contributed by atoms with Gasteiger partial charge in [0.2, 0.25) is 0 Å². The molecule has 0 saturated heterocycles. The van der Waals surface area contributed by atoms with Crippen molar-refractivity contribution < 1.29 is 4.39 Å². The molecule has 15 heavy (non-hydrogen) atoms. The molecule has 0 bridgehead atoms. The van der Waals surface area contributed by atoms with Crippen LogP contribution in [0, 0.1) is 5.82 Å². The quantitative estimate of drug-likeness (QED) is 0.667. The van der Waals surface area contributed by atoms with Gasteiger partial charge in [-0.15, -0.1) is 0 Å². The molecule has 0 unspecified atom stereocenters. The van der Waals surface area contributed by atoms with Crippen molar-refractivity contribution in [3.05, 3.63) is 18.1 Å². The second-order valence-corrected chi connectivity index (χ2v) is 34.6. The van der Waals surface area contributed by atoms with Crippen LogP contribution in [0.3, 0.4) is 0 Å². The standard InChI is InChI=1S/C5H2FN.6CH3.2Sn/c6-5-2-1-3-7-4-5;;;;;;;;/h2,4H;6*1H3;;. The van der Waals surface area contributed by atoms with Gasteiger partial charge in [-0.05, 0) is 0 Å². The molecular formula is C11H20FNSn2. The first kappa shape index (κ1) is 13.7. The van der Waals surface area contributed by atoms with Crippen molar-refractivity contribution in [2.45, 2.75) is 29.6 Å². The van der Waals surface area contributed by atoms with E-state index in [0.717, 1.165) is 0 Å². The van der Waals surface area contributed by atoms with Gasteiger partial charge in [-0.1, -0.05) is 0 Å². The number of hydrogen-bond acceptors (Lipinski definition) is 1. The number of aromatic nitrogens is 1. The monoisotopic (exact) mass is 425 g/mol. The second-order valence-electron chi connectivity index (χ2n) is 6.05. The molecule has 1 aromatic heterocycles. The molecule has 84 valence electrons. The van der Waals surface area contributed by atoms with Crippen molar-refractivity contribution in [2.75, 3.05) is 0 Å². The predicted octanol–water partition coefficient (Wildman–Crippen LogP) is 2.31. The molecule has 0 amide bonds. The SMILES string of the molecule is [CH3][Sn]([CH3])([CH3])[c]1cc(F)cn[c]1[Sn]([CH3])([CH3])[CH3]. The van der Waals surface area contributed by atoms with E-state index in [0.29, 0.717) is 0 Å². The Labute approximate surface area is 100 Å². The summed E-state index contributed by atoms with van der Waals surface area (Å²) in [4.78, 5) is 18.4. The fraction of sp³-hybridized carbons (Fsp3) is 0.545. The average Bonchev–Trinajstić information content (AvgIpc) is 2.00. The van der Waals surface area contributed by atoms with Gasteiger partial charge in [0.1, 0.15) is 0 Å². The van der Waals surface area contributed by atoms with Crippen molar-refractivity contribution in [1.29, 1.82) is 0 Å². The van der Waals surface area contributed by atoms with E-state index in [-0.39, 0.29) is 5.82 Å². The van der Waals surface area contributed by atoms with Crippen LogP contribution in [0.1, 0.15) is 0 Å². The molecule has 1 nitrogen and oxygen atoms in total. The number of rotatable bonds is 2. The molecule has 0 aromatic carbocycles. The van der Waals surface area contributed by atoms with Crippen LogP contribution >= 0.6 is 0 Å². The zero-order chi connectivity index (χ0) is 11.9. The Morgan fingerprint density at radius 3 is 1.93 bits per heavy atom. The van der Waals surface area contributed by atoms with Crippen LogP contribution in [0.4, 0.5) is 4.39 Å². The first-order chi connectivity index (χ1) is 6.62. The summed E-state index contributed by atoms with van der Waals surface area (Å²) < 4.78 is 15.8. The minimum absolute atomic E-state index is 0.170. The van der Waals surface area contributed by atoms with E-state index in [1.54, 1.807) is 6.07 Å². The molecule has 1 aromatic rings. The van der Waals surface area contributed by atoms with E-state index >= 15 is 0 Å². The normalized spacial score (nSPS) is 13.0. The molecule has 4 heteroatoms. The Hall–Kier alpha value is 0.677. The Morgan fingerprint density at radius 1 is 1.00 bits per heavy atom. The van der Waals surface area contributed by atoms with E-state index < -0.39 is 36.8 Å². The van der Waals surface area contributed by atoms with Crippen molar-refractivity contribution in [1.82, 2.24) is 4.98 Å². The van der Waals surface area contributed by atoms with Gasteiger partial charge in [-0.2, -0.15) is 0 Å². The van der Waals surface area contributed by atoms with Crippen molar-refractivity contribution >= 4 is 44.0 Å². The maximum atomic E-state index is 13.3. The van der Waals surface area contributed by atoms with Crippen molar-refractivity contribution in [3.63, 3.8) is 0 Å². The Bertz CT molecular complexity index is 364. The Balaban J connectivity index is 3.41. The number of halogens is 1. The van der Waals surface area contributed by atoms with E-state index in [2.05, 4.69) is 34.6 Å². The van der Waals surface area contributed by atoms with E-state index in [9.17, 15) is 4.39 Å². The van der Waals surface area contributed by atoms with Gasteiger partial charge in [0.15, 0.2) is 0 Å². The summed E-state index contributed by atoms with van der Waals surface area (Å²) in [6.45, 7) is 0. The minimum atomic E-state index is -2.21. The summed E-state index contributed by atoms with van der Waals surface area (Å²) in [7, 11) is 0. The summed E-state index contributed by atoms with van der Waals surface area (Å²) >= 11 is -4.39. The van der Waals surface area contributed by atoms with Crippen LogP contribution < -0.4 is 7.29 Å². The van der Waals surface area contributed by atoms with E-state index in [1.807, 2.05) is 0 Å². The molecule has 0 aliphatic heterocycles. The second kappa shape index (κ2) is 4.51. The van der Waals surface area contributed by atoms with E-state index in [1.165, 1.54) is 13.5 Å². The van der Waals surface area contributed by atoms with Gasteiger partial charge in [0.25, 0.3) is 0 Å².